The van der Waals surface area contributed by atoms with Gasteiger partial charge in [-0.15, -0.1) is 0 Å². The highest BCUT2D eigenvalue weighted by atomic mass is 16.6. The van der Waals surface area contributed by atoms with Crippen molar-refractivity contribution < 1.29 is 9.47 Å². The van der Waals surface area contributed by atoms with E-state index in [1.807, 2.05) is 0 Å². The van der Waals surface area contributed by atoms with Crippen LogP contribution in [-0.4, -0.2) is 25.4 Å². The Bertz CT molecular complexity index is 86.9. The van der Waals surface area contributed by atoms with Gasteiger partial charge in [-0.05, 0) is 13.3 Å². The van der Waals surface area contributed by atoms with Crippen LogP contribution in [0.4, 0.5) is 0 Å². The maximum Gasteiger partial charge on any atom is 0.112 e. The van der Waals surface area contributed by atoms with E-state index in [2.05, 4.69) is 13.8 Å². The Kier molecular flexibility index (Phi) is 2.09. The lowest BCUT2D eigenvalue weighted by Gasteiger charge is -2.03. The van der Waals surface area contributed by atoms with Gasteiger partial charge in [-0.3, -0.25) is 0 Å². The zero-order valence-electron chi connectivity index (χ0n) is 6.14. The number of epoxide rings is 1. The molecule has 1 unspecified atom stereocenters. The molecule has 1 atom stereocenters. The van der Waals surface area contributed by atoms with Crippen LogP contribution in [0.5, 0.6) is 0 Å². The largest absolute Gasteiger partial charge is 0.378 e. The van der Waals surface area contributed by atoms with E-state index in [9.17, 15) is 0 Å². The Labute approximate surface area is 56.2 Å². The number of hydrogen-bond donors (Lipinski definition) is 0. The molecule has 0 spiro atoms. The van der Waals surface area contributed by atoms with E-state index in [-0.39, 0.29) is 5.60 Å². The average Bonchev–Trinajstić information content (AvgIpc) is 2.50. The minimum atomic E-state index is 0.0785. The van der Waals surface area contributed by atoms with Crippen molar-refractivity contribution in [1.29, 1.82) is 0 Å². The summed E-state index contributed by atoms with van der Waals surface area (Å²) in [6.07, 6.45) is 1.09. The Morgan fingerprint density at radius 3 is 2.78 bits per heavy atom. The fraction of sp³-hybridized carbons (Fsp3) is 1.00. The van der Waals surface area contributed by atoms with Crippen LogP contribution in [-0.2, 0) is 9.47 Å². The van der Waals surface area contributed by atoms with E-state index in [1.165, 1.54) is 0 Å². The van der Waals surface area contributed by atoms with E-state index in [4.69, 9.17) is 9.47 Å². The van der Waals surface area contributed by atoms with Crippen molar-refractivity contribution in [1.82, 2.24) is 0 Å². The third-order valence-corrected chi connectivity index (χ3v) is 1.39. The first-order valence-electron chi connectivity index (χ1n) is 3.48. The topological polar surface area (TPSA) is 21.8 Å². The molecule has 0 bridgehead atoms. The Balaban J connectivity index is 1.92. The summed E-state index contributed by atoms with van der Waals surface area (Å²) in [7, 11) is 0. The summed E-state index contributed by atoms with van der Waals surface area (Å²) in [4.78, 5) is 0. The van der Waals surface area contributed by atoms with Crippen LogP contribution in [0.1, 0.15) is 20.3 Å². The maximum atomic E-state index is 5.28. The van der Waals surface area contributed by atoms with Crippen LogP contribution in [0.2, 0.25) is 0 Å². The van der Waals surface area contributed by atoms with Gasteiger partial charge < -0.3 is 9.47 Å². The van der Waals surface area contributed by atoms with Gasteiger partial charge in [-0.2, -0.15) is 0 Å². The molecule has 0 aromatic rings. The van der Waals surface area contributed by atoms with E-state index in [0.717, 1.165) is 26.2 Å². The summed E-state index contributed by atoms with van der Waals surface area (Å²) in [6.45, 7) is 6.68. The van der Waals surface area contributed by atoms with E-state index >= 15 is 0 Å². The third kappa shape index (κ3) is 2.33. The van der Waals surface area contributed by atoms with Gasteiger partial charge in [0.25, 0.3) is 0 Å². The number of hydrogen-bond acceptors (Lipinski definition) is 2. The van der Waals surface area contributed by atoms with Gasteiger partial charge in [0.2, 0.25) is 0 Å². The van der Waals surface area contributed by atoms with Crippen molar-refractivity contribution in [2.45, 2.75) is 25.9 Å². The van der Waals surface area contributed by atoms with Crippen LogP contribution in [0.25, 0.3) is 0 Å². The van der Waals surface area contributed by atoms with Crippen LogP contribution in [0.3, 0.4) is 0 Å². The van der Waals surface area contributed by atoms with Crippen molar-refractivity contribution in [3.05, 3.63) is 0 Å². The SMILES string of the molecule is CCCOCC1(C)CO1. The lowest BCUT2D eigenvalue weighted by molar-refractivity contribution is 0.0858. The average molecular weight is 130 g/mol. The normalized spacial score (nSPS) is 32.7. The molecule has 2 nitrogen and oxygen atoms in total. The van der Waals surface area contributed by atoms with E-state index in [0.29, 0.717) is 0 Å². The smallest absolute Gasteiger partial charge is 0.112 e. The second-order valence-electron chi connectivity index (χ2n) is 2.79. The quantitative estimate of drug-likeness (QED) is 0.421. The molecule has 1 aliphatic heterocycles. The summed E-state index contributed by atoms with van der Waals surface area (Å²) in [6, 6.07) is 0. The molecule has 0 radical (unpaired) electrons. The summed E-state index contributed by atoms with van der Waals surface area (Å²) in [5, 5.41) is 0. The van der Waals surface area contributed by atoms with Crippen LogP contribution in [0.15, 0.2) is 0 Å². The molecule has 9 heavy (non-hydrogen) atoms. The molecule has 0 aromatic heterocycles. The maximum absolute atomic E-state index is 5.28. The standard InChI is InChI=1S/C7H14O2/c1-3-4-8-5-7(2)6-9-7/h3-6H2,1-2H3. The molecule has 2 heteroatoms. The van der Waals surface area contributed by atoms with Gasteiger partial charge in [0.15, 0.2) is 0 Å². The van der Waals surface area contributed by atoms with Crippen molar-refractivity contribution in [2.24, 2.45) is 0 Å². The van der Waals surface area contributed by atoms with Crippen LogP contribution in [0, 0.1) is 0 Å². The van der Waals surface area contributed by atoms with Gasteiger partial charge in [0.1, 0.15) is 5.60 Å². The fourth-order valence-corrected chi connectivity index (χ4v) is 0.639. The lowest BCUT2D eigenvalue weighted by Crippen LogP contribution is -2.14. The van der Waals surface area contributed by atoms with Gasteiger partial charge >= 0.3 is 0 Å². The van der Waals surface area contributed by atoms with Crippen molar-refractivity contribution >= 4 is 0 Å². The van der Waals surface area contributed by atoms with Gasteiger partial charge in [0.05, 0.1) is 13.2 Å². The summed E-state index contributed by atoms with van der Waals surface area (Å²) in [5.74, 6) is 0. The molecule has 0 amide bonds. The van der Waals surface area contributed by atoms with Crippen LogP contribution < -0.4 is 0 Å². The molecule has 1 aliphatic rings. The number of ether oxygens (including phenoxy) is 2. The molecule has 0 N–H and O–H groups in total. The summed E-state index contributed by atoms with van der Waals surface area (Å²) >= 11 is 0. The third-order valence-electron chi connectivity index (χ3n) is 1.39. The minimum absolute atomic E-state index is 0.0785. The molecule has 1 heterocycles. The van der Waals surface area contributed by atoms with E-state index < -0.39 is 0 Å². The predicted octanol–water partition coefficient (Wildman–Crippen LogP) is 1.20. The van der Waals surface area contributed by atoms with Gasteiger partial charge in [0, 0.05) is 6.61 Å². The lowest BCUT2D eigenvalue weighted by atomic mass is 10.2. The van der Waals surface area contributed by atoms with Crippen LogP contribution >= 0.6 is 0 Å². The molecule has 1 saturated heterocycles. The van der Waals surface area contributed by atoms with Gasteiger partial charge in [-0.1, -0.05) is 6.92 Å². The molecule has 0 aliphatic carbocycles. The predicted molar refractivity (Wildman–Crippen MR) is 35.5 cm³/mol. The minimum Gasteiger partial charge on any atom is -0.378 e. The van der Waals surface area contributed by atoms with Crippen molar-refractivity contribution in [3.8, 4) is 0 Å². The number of rotatable bonds is 4. The highest BCUT2D eigenvalue weighted by Crippen LogP contribution is 2.25. The highest BCUT2D eigenvalue weighted by molar-refractivity contribution is 4.86. The highest BCUT2D eigenvalue weighted by Gasteiger charge is 2.39. The molecular formula is C7H14O2. The zero-order valence-corrected chi connectivity index (χ0v) is 6.14. The first-order valence-corrected chi connectivity index (χ1v) is 3.48. The molecule has 1 fully saturated rings. The first kappa shape index (κ1) is 7.03. The molecule has 54 valence electrons. The monoisotopic (exact) mass is 130 g/mol. The first-order chi connectivity index (χ1) is 4.27. The van der Waals surface area contributed by atoms with Crippen molar-refractivity contribution in [2.75, 3.05) is 19.8 Å². The Morgan fingerprint density at radius 2 is 2.33 bits per heavy atom. The molecular weight excluding hydrogens is 116 g/mol. The molecule has 1 rings (SSSR count). The zero-order chi connectivity index (χ0) is 6.74. The van der Waals surface area contributed by atoms with E-state index in [1.54, 1.807) is 0 Å². The van der Waals surface area contributed by atoms with Gasteiger partial charge in [-0.25, -0.2) is 0 Å². The summed E-state index contributed by atoms with van der Waals surface area (Å²) in [5.41, 5.74) is 0.0785. The molecule has 0 aromatic carbocycles. The second kappa shape index (κ2) is 2.67. The fourth-order valence-electron chi connectivity index (χ4n) is 0.639. The molecule has 0 saturated carbocycles. The Hall–Kier alpha value is -0.0800. The second-order valence-corrected chi connectivity index (χ2v) is 2.79. The Morgan fingerprint density at radius 1 is 1.67 bits per heavy atom. The van der Waals surface area contributed by atoms with Crippen molar-refractivity contribution in [3.63, 3.8) is 0 Å². The summed E-state index contributed by atoms with van der Waals surface area (Å²) < 4.78 is 10.4.